The fourth-order valence-corrected chi connectivity index (χ4v) is 3.28. The van der Waals surface area contributed by atoms with Gasteiger partial charge in [0, 0.05) is 23.0 Å². The molecule has 9 heteroatoms. The lowest BCUT2D eigenvalue weighted by atomic mass is 9.96. The average Bonchev–Trinajstić information content (AvgIpc) is 3.01. The number of H-pyrrole nitrogens is 1. The number of fused-ring (bicyclic) bond motifs is 3. The number of amides is 3. The molecule has 3 rings (SSSR count). The Morgan fingerprint density at radius 2 is 2.00 bits per heavy atom. The Morgan fingerprint density at radius 3 is 2.68 bits per heavy atom. The quantitative estimate of drug-likeness (QED) is 0.468. The number of ether oxygens (including phenoxy) is 1. The number of para-hydroxylation sites is 1. The van der Waals surface area contributed by atoms with Gasteiger partial charge in [0.05, 0.1) is 13.1 Å². The second-order valence-corrected chi connectivity index (χ2v) is 7.71. The molecule has 2 heterocycles. The minimum atomic E-state index is -0.840. The highest BCUT2D eigenvalue weighted by Gasteiger charge is 2.38. The predicted molar refractivity (Wildman–Crippen MR) is 101 cm³/mol. The molecule has 0 unspecified atom stereocenters. The maximum absolute atomic E-state index is 12.7. The molecular formula is C19H24N4O5. The molecule has 0 fully saturated rings. The van der Waals surface area contributed by atoms with Crippen LogP contribution in [0.2, 0.25) is 0 Å². The molecule has 1 aliphatic rings. The summed E-state index contributed by atoms with van der Waals surface area (Å²) in [5, 5.41) is 12.1. The van der Waals surface area contributed by atoms with Gasteiger partial charge in [0.1, 0.15) is 11.6 Å². The van der Waals surface area contributed by atoms with Crippen LogP contribution in [0.25, 0.3) is 10.9 Å². The SMILES string of the molecule is CC(C)(C)OC(=O)N1Cc2[nH]c3ccccc3c2C[C@@H]1C(=O)NCC(=O)NO. The lowest BCUT2D eigenvalue weighted by Crippen LogP contribution is -2.54. The van der Waals surface area contributed by atoms with Crippen LogP contribution in [0.4, 0.5) is 4.79 Å². The molecule has 0 spiro atoms. The minimum absolute atomic E-state index is 0.184. The van der Waals surface area contributed by atoms with Crippen LogP contribution in [0, 0.1) is 0 Å². The van der Waals surface area contributed by atoms with E-state index in [0.717, 1.165) is 22.2 Å². The summed E-state index contributed by atoms with van der Waals surface area (Å²) in [6.45, 7) is 5.05. The van der Waals surface area contributed by atoms with Crippen LogP contribution in [0.15, 0.2) is 24.3 Å². The van der Waals surface area contributed by atoms with Crippen molar-refractivity contribution in [2.45, 2.75) is 45.4 Å². The molecule has 0 saturated heterocycles. The van der Waals surface area contributed by atoms with Crippen molar-refractivity contribution in [2.75, 3.05) is 6.54 Å². The molecule has 1 aromatic heterocycles. The number of hydrogen-bond acceptors (Lipinski definition) is 5. The maximum atomic E-state index is 12.7. The fourth-order valence-electron chi connectivity index (χ4n) is 3.28. The molecule has 0 bridgehead atoms. The third-order valence-electron chi connectivity index (χ3n) is 4.48. The zero-order valence-corrected chi connectivity index (χ0v) is 16.0. The van der Waals surface area contributed by atoms with Gasteiger partial charge in [0.15, 0.2) is 0 Å². The average molecular weight is 388 g/mol. The maximum Gasteiger partial charge on any atom is 0.411 e. The van der Waals surface area contributed by atoms with Crippen molar-refractivity contribution in [3.63, 3.8) is 0 Å². The third-order valence-corrected chi connectivity index (χ3v) is 4.48. The van der Waals surface area contributed by atoms with E-state index < -0.39 is 36.1 Å². The van der Waals surface area contributed by atoms with Gasteiger partial charge >= 0.3 is 6.09 Å². The van der Waals surface area contributed by atoms with Crippen LogP contribution >= 0.6 is 0 Å². The van der Waals surface area contributed by atoms with Crippen LogP contribution in [0.1, 0.15) is 32.0 Å². The number of benzene rings is 1. The van der Waals surface area contributed by atoms with Crippen molar-refractivity contribution in [3.8, 4) is 0 Å². The molecule has 0 aliphatic carbocycles. The molecule has 4 N–H and O–H groups in total. The molecule has 0 saturated carbocycles. The number of hydrogen-bond donors (Lipinski definition) is 4. The monoisotopic (exact) mass is 388 g/mol. The highest BCUT2D eigenvalue weighted by Crippen LogP contribution is 2.31. The lowest BCUT2D eigenvalue weighted by Gasteiger charge is -2.35. The van der Waals surface area contributed by atoms with Crippen molar-refractivity contribution in [2.24, 2.45) is 0 Å². The molecule has 9 nitrogen and oxygen atoms in total. The van der Waals surface area contributed by atoms with Crippen molar-refractivity contribution in [1.29, 1.82) is 0 Å². The van der Waals surface area contributed by atoms with E-state index in [9.17, 15) is 14.4 Å². The van der Waals surface area contributed by atoms with Crippen molar-refractivity contribution < 1.29 is 24.3 Å². The van der Waals surface area contributed by atoms with Gasteiger partial charge in [0.25, 0.3) is 5.91 Å². The first-order chi connectivity index (χ1) is 13.2. The first-order valence-corrected chi connectivity index (χ1v) is 8.98. The van der Waals surface area contributed by atoms with Crippen LogP contribution in [0.5, 0.6) is 0 Å². The summed E-state index contributed by atoms with van der Waals surface area (Å²) in [7, 11) is 0. The molecule has 2 aromatic rings. The van der Waals surface area contributed by atoms with E-state index in [0.29, 0.717) is 0 Å². The minimum Gasteiger partial charge on any atom is -0.444 e. The highest BCUT2D eigenvalue weighted by molar-refractivity contribution is 5.92. The van der Waals surface area contributed by atoms with Gasteiger partial charge in [-0.1, -0.05) is 18.2 Å². The molecule has 1 aliphatic heterocycles. The number of carbonyl (C=O) groups is 3. The molecular weight excluding hydrogens is 364 g/mol. The third kappa shape index (κ3) is 4.09. The first-order valence-electron chi connectivity index (χ1n) is 8.98. The normalized spacial score (nSPS) is 16.4. The smallest absolute Gasteiger partial charge is 0.411 e. The second-order valence-electron chi connectivity index (χ2n) is 7.71. The molecule has 1 atom stereocenters. The number of rotatable bonds is 3. The number of hydroxylamine groups is 1. The van der Waals surface area contributed by atoms with E-state index in [1.54, 1.807) is 20.8 Å². The Kier molecular flexibility index (Phi) is 5.28. The highest BCUT2D eigenvalue weighted by atomic mass is 16.6. The number of nitrogens with one attached hydrogen (secondary N) is 3. The van der Waals surface area contributed by atoms with Gasteiger partial charge in [-0.2, -0.15) is 0 Å². The molecule has 28 heavy (non-hydrogen) atoms. The van der Waals surface area contributed by atoms with Gasteiger partial charge < -0.3 is 15.0 Å². The van der Waals surface area contributed by atoms with Crippen molar-refractivity contribution >= 4 is 28.8 Å². The van der Waals surface area contributed by atoms with E-state index in [4.69, 9.17) is 9.94 Å². The van der Waals surface area contributed by atoms with Crippen LogP contribution < -0.4 is 10.8 Å². The van der Waals surface area contributed by atoms with Crippen LogP contribution in [-0.4, -0.2) is 51.2 Å². The topological polar surface area (TPSA) is 124 Å². The van der Waals surface area contributed by atoms with Crippen LogP contribution in [-0.2, 0) is 27.3 Å². The number of nitrogens with zero attached hydrogens (tertiary/aromatic N) is 1. The summed E-state index contributed by atoms with van der Waals surface area (Å²) < 4.78 is 5.47. The van der Waals surface area contributed by atoms with Gasteiger partial charge in [-0.25, -0.2) is 10.3 Å². The molecule has 150 valence electrons. The first kappa shape index (κ1) is 19.7. The van der Waals surface area contributed by atoms with E-state index in [1.165, 1.54) is 10.4 Å². The van der Waals surface area contributed by atoms with E-state index in [2.05, 4.69) is 10.3 Å². The van der Waals surface area contributed by atoms with Gasteiger partial charge in [0.2, 0.25) is 5.91 Å². The Hall–Kier alpha value is -3.07. The number of carbonyl (C=O) groups excluding carboxylic acids is 3. The number of aromatic amines is 1. The Labute approximate surface area is 162 Å². The van der Waals surface area contributed by atoms with Crippen molar-refractivity contribution in [3.05, 3.63) is 35.5 Å². The van der Waals surface area contributed by atoms with Gasteiger partial charge in [-0.15, -0.1) is 0 Å². The molecule has 1 aromatic carbocycles. The summed E-state index contributed by atoms with van der Waals surface area (Å²) in [6, 6.07) is 6.88. The van der Waals surface area contributed by atoms with E-state index >= 15 is 0 Å². The summed E-state index contributed by atoms with van der Waals surface area (Å²) in [6.07, 6.45) is -0.325. The predicted octanol–water partition coefficient (Wildman–Crippen LogP) is 1.45. The summed E-state index contributed by atoms with van der Waals surface area (Å²) in [5.74, 6) is -1.24. The summed E-state index contributed by atoms with van der Waals surface area (Å²) in [4.78, 5) is 41.4. The van der Waals surface area contributed by atoms with E-state index in [1.807, 2.05) is 24.3 Å². The van der Waals surface area contributed by atoms with Gasteiger partial charge in [-0.3, -0.25) is 19.7 Å². The largest absolute Gasteiger partial charge is 0.444 e. The lowest BCUT2D eigenvalue weighted by molar-refractivity contribution is -0.133. The summed E-state index contributed by atoms with van der Waals surface area (Å²) >= 11 is 0. The Bertz CT molecular complexity index is 915. The van der Waals surface area contributed by atoms with Gasteiger partial charge in [-0.05, 0) is 32.4 Å². The molecule has 3 amide bonds. The zero-order chi connectivity index (χ0) is 20.5. The Balaban J connectivity index is 1.91. The Morgan fingerprint density at radius 1 is 1.29 bits per heavy atom. The number of aromatic nitrogens is 1. The zero-order valence-electron chi connectivity index (χ0n) is 16.0. The standard InChI is InChI=1S/C19H24N4O5/c1-19(2,3)28-18(26)23-10-14-12(11-6-4-5-7-13(11)21-14)8-15(23)17(25)20-9-16(24)22-27/h4-7,15,21,27H,8-10H2,1-3H3,(H,20,25)(H,22,24)/t15-/m1/s1. The fraction of sp³-hybridized carbons (Fsp3) is 0.421. The second kappa shape index (κ2) is 7.51. The van der Waals surface area contributed by atoms with E-state index in [-0.39, 0.29) is 13.0 Å². The summed E-state index contributed by atoms with van der Waals surface area (Å²) in [5.41, 5.74) is 3.49. The van der Waals surface area contributed by atoms with Crippen molar-refractivity contribution in [1.82, 2.24) is 20.7 Å². The molecule has 0 radical (unpaired) electrons. The van der Waals surface area contributed by atoms with Crippen LogP contribution in [0.3, 0.4) is 0 Å².